The highest BCUT2D eigenvalue weighted by atomic mass is 16.2. The molecule has 2 rings (SSSR count). The molecule has 19 heavy (non-hydrogen) atoms. The van der Waals surface area contributed by atoms with Crippen molar-refractivity contribution in [1.29, 1.82) is 5.26 Å². The Labute approximate surface area is 116 Å². The Balaban J connectivity index is 1.98. The van der Waals surface area contributed by atoms with Crippen molar-refractivity contribution < 1.29 is 4.79 Å². The Morgan fingerprint density at radius 2 is 1.95 bits per heavy atom. The molecule has 1 saturated heterocycles. The average Bonchev–Trinajstić information content (AvgIpc) is 2.96. The molecule has 0 spiro atoms. The van der Waals surface area contributed by atoms with Crippen LogP contribution >= 0.6 is 0 Å². The maximum Gasteiger partial charge on any atom is 0.243 e. The van der Waals surface area contributed by atoms with E-state index in [1.807, 2.05) is 11.9 Å². The van der Waals surface area contributed by atoms with Gasteiger partial charge in [0, 0.05) is 26.2 Å². The highest BCUT2D eigenvalue weighted by Gasteiger charge is 2.44. The second-order valence-electron chi connectivity index (χ2n) is 5.98. The van der Waals surface area contributed by atoms with Crippen LogP contribution in [0.1, 0.15) is 45.4 Å². The average molecular weight is 263 g/mol. The molecular formula is C15H25N3O. The summed E-state index contributed by atoms with van der Waals surface area (Å²) in [5.41, 5.74) is -0.712. The monoisotopic (exact) mass is 263 g/mol. The number of hydrogen-bond acceptors (Lipinski definition) is 3. The summed E-state index contributed by atoms with van der Waals surface area (Å²) in [6.45, 7) is 5.40. The van der Waals surface area contributed by atoms with Gasteiger partial charge in [0.2, 0.25) is 5.91 Å². The summed E-state index contributed by atoms with van der Waals surface area (Å²) in [5.74, 6) is 0.0717. The summed E-state index contributed by atoms with van der Waals surface area (Å²) < 4.78 is 0. The Morgan fingerprint density at radius 1 is 1.37 bits per heavy atom. The summed E-state index contributed by atoms with van der Waals surface area (Å²) in [4.78, 5) is 16.9. The third kappa shape index (κ3) is 2.76. The molecule has 2 fully saturated rings. The van der Waals surface area contributed by atoms with E-state index >= 15 is 0 Å². The van der Waals surface area contributed by atoms with Gasteiger partial charge in [0.25, 0.3) is 0 Å². The predicted octanol–water partition coefficient (Wildman–Crippen LogP) is 2.01. The van der Waals surface area contributed by atoms with Gasteiger partial charge in [0.05, 0.1) is 6.07 Å². The van der Waals surface area contributed by atoms with Gasteiger partial charge in [-0.1, -0.05) is 19.8 Å². The molecule has 0 bridgehead atoms. The number of carbonyl (C=O) groups is 1. The highest BCUT2D eigenvalue weighted by molar-refractivity contribution is 5.85. The van der Waals surface area contributed by atoms with Crippen molar-refractivity contribution in [2.75, 3.05) is 26.7 Å². The second kappa shape index (κ2) is 5.92. The van der Waals surface area contributed by atoms with Gasteiger partial charge in [-0.2, -0.15) is 5.26 Å². The van der Waals surface area contributed by atoms with E-state index in [9.17, 15) is 10.1 Å². The van der Waals surface area contributed by atoms with Crippen LogP contribution in [0.15, 0.2) is 0 Å². The standard InChI is InChI=1S/C15H25N3O/c1-3-18-10-6-13(7-11-18)17(2)14(19)15(12-16)8-4-5-9-15/h13H,3-11H2,1-2H3. The van der Waals surface area contributed by atoms with Gasteiger partial charge in [-0.15, -0.1) is 0 Å². The molecule has 0 atom stereocenters. The van der Waals surface area contributed by atoms with Crippen molar-refractivity contribution in [2.45, 2.75) is 51.5 Å². The molecule has 106 valence electrons. The first-order chi connectivity index (χ1) is 9.13. The maximum absolute atomic E-state index is 12.6. The van der Waals surface area contributed by atoms with E-state index in [0.29, 0.717) is 6.04 Å². The van der Waals surface area contributed by atoms with Crippen molar-refractivity contribution in [1.82, 2.24) is 9.80 Å². The molecule has 0 N–H and O–H groups in total. The fourth-order valence-electron chi connectivity index (χ4n) is 3.48. The fraction of sp³-hybridized carbons (Fsp3) is 0.867. The lowest BCUT2D eigenvalue weighted by molar-refractivity contribution is -0.140. The van der Waals surface area contributed by atoms with Gasteiger partial charge in [-0.05, 0) is 32.2 Å². The first kappa shape index (κ1) is 14.3. The number of hydrogen-bond donors (Lipinski definition) is 0. The third-order valence-electron chi connectivity index (χ3n) is 4.95. The lowest BCUT2D eigenvalue weighted by Gasteiger charge is -2.38. The van der Waals surface area contributed by atoms with Crippen LogP contribution < -0.4 is 0 Å². The third-order valence-corrected chi connectivity index (χ3v) is 4.95. The van der Waals surface area contributed by atoms with Crippen LogP contribution in [0.25, 0.3) is 0 Å². The van der Waals surface area contributed by atoms with Crippen LogP contribution in [0.5, 0.6) is 0 Å². The van der Waals surface area contributed by atoms with Crippen LogP contribution in [0, 0.1) is 16.7 Å². The SMILES string of the molecule is CCN1CCC(N(C)C(=O)C2(C#N)CCCC2)CC1. The Bertz CT molecular complexity index is 360. The Kier molecular flexibility index (Phi) is 4.46. The molecule has 2 aliphatic rings. The van der Waals surface area contributed by atoms with Gasteiger partial charge in [0.1, 0.15) is 5.41 Å². The zero-order valence-electron chi connectivity index (χ0n) is 12.2. The first-order valence-corrected chi connectivity index (χ1v) is 7.54. The molecule has 1 heterocycles. The van der Waals surface area contributed by atoms with Crippen molar-refractivity contribution in [3.8, 4) is 6.07 Å². The number of amides is 1. The van der Waals surface area contributed by atoms with Gasteiger partial charge >= 0.3 is 0 Å². The minimum absolute atomic E-state index is 0.0717. The summed E-state index contributed by atoms with van der Waals surface area (Å²) in [6.07, 6.45) is 5.61. The van der Waals surface area contributed by atoms with Crippen LogP contribution in [0.2, 0.25) is 0 Å². The number of carbonyl (C=O) groups excluding carboxylic acids is 1. The first-order valence-electron chi connectivity index (χ1n) is 7.54. The molecule has 0 aromatic heterocycles. The van der Waals surface area contributed by atoms with E-state index in [1.54, 1.807) is 0 Å². The summed E-state index contributed by atoms with van der Waals surface area (Å²) in [5, 5.41) is 9.41. The van der Waals surface area contributed by atoms with Gasteiger partial charge in [-0.3, -0.25) is 4.79 Å². The Morgan fingerprint density at radius 3 is 2.42 bits per heavy atom. The van der Waals surface area contributed by atoms with E-state index in [4.69, 9.17) is 0 Å². The number of nitriles is 1. The number of nitrogens with zero attached hydrogens (tertiary/aromatic N) is 3. The lowest BCUT2D eigenvalue weighted by Crippen LogP contribution is -2.49. The molecule has 4 nitrogen and oxygen atoms in total. The fourth-order valence-corrected chi connectivity index (χ4v) is 3.48. The zero-order valence-corrected chi connectivity index (χ0v) is 12.2. The molecule has 1 aliphatic heterocycles. The van der Waals surface area contributed by atoms with Crippen molar-refractivity contribution in [3.05, 3.63) is 0 Å². The van der Waals surface area contributed by atoms with Crippen LogP contribution in [0.3, 0.4) is 0 Å². The van der Waals surface area contributed by atoms with Crippen molar-refractivity contribution in [3.63, 3.8) is 0 Å². The Hall–Kier alpha value is -1.08. The largest absolute Gasteiger partial charge is 0.341 e. The molecule has 0 aromatic carbocycles. The van der Waals surface area contributed by atoms with Gasteiger partial charge in [-0.25, -0.2) is 0 Å². The normalized spacial score (nSPS) is 24.1. The summed E-state index contributed by atoms with van der Waals surface area (Å²) >= 11 is 0. The second-order valence-corrected chi connectivity index (χ2v) is 5.98. The van der Waals surface area contributed by atoms with E-state index in [2.05, 4.69) is 17.9 Å². The van der Waals surface area contributed by atoms with Crippen molar-refractivity contribution in [2.24, 2.45) is 5.41 Å². The minimum Gasteiger partial charge on any atom is -0.341 e. The smallest absolute Gasteiger partial charge is 0.243 e. The quantitative estimate of drug-likeness (QED) is 0.782. The number of piperidine rings is 1. The molecule has 1 aliphatic carbocycles. The van der Waals surface area contributed by atoms with E-state index in [0.717, 1.165) is 58.2 Å². The van der Waals surface area contributed by atoms with Crippen LogP contribution in [-0.2, 0) is 4.79 Å². The highest BCUT2D eigenvalue weighted by Crippen LogP contribution is 2.39. The molecule has 0 aromatic rings. The van der Waals surface area contributed by atoms with Crippen LogP contribution in [0.4, 0.5) is 0 Å². The number of rotatable bonds is 3. The summed E-state index contributed by atoms with van der Waals surface area (Å²) in [7, 11) is 1.89. The lowest BCUT2D eigenvalue weighted by atomic mass is 9.85. The van der Waals surface area contributed by atoms with Crippen molar-refractivity contribution >= 4 is 5.91 Å². The van der Waals surface area contributed by atoms with E-state index in [1.165, 1.54) is 0 Å². The molecular weight excluding hydrogens is 238 g/mol. The minimum atomic E-state index is -0.712. The summed E-state index contributed by atoms with van der Waals surface area (Å²) in [6, 6.07) is 2.64. The zero-order chi connectivity index (χ0) is 13.9. The topological polar surface area (TPSA) is 47.3 Å². The van der Waals surface area contributed by atoms with E-state index < -0.39 is 5.41 Å². The predicted molar refractivity (Wildman–Crippen MR) is 74.4 cm³/mol. The molecule has 4 heteroatoms. The number of likely N-dealkylation sites (tertiary alicyclic amines) is 1. The van der Waals surface area contributed by atoms with E-state index in [-0.39, 0.29) is 5.91 Å². The van der Waals surface area contributed by atoms with Gasteiger partial charge < -0.3 is 9.80 Å². The molecule has 1 amide bonds. The maximum atomic E-state index is 12.6. The molecule has 1 saturated carbocycles. The molecule has 0 unspecified atom stereocenters. The molecule has 0 radical (unpaired) electrons. The van der Waals surface area contributed by atoms with Crippen LogP contribution in [-0.4, -0.2) is 48.4 Å². The van der Waals surface area contributed by atoms with Gasteiger partial charge in [0.15, 0.2) is 0 Å².